The van der Waals surface area contributed by atoms with Crippen LogP contribution < -0.4 is 15.8 Å². The second-order valence-electron chi connectivity index (χ2n) is 7.75. The molecule has 1 aromatic heterocycles. The van der Waals surface area contributed by atoms with Crippen molar-refractivity contribution in [3.05, 3.63) is 90.1 Å². The third kappa shape index (κ3) is 7.31. The van der Waals surface area contributed by atoms with Crippen molar-refractivity contribution in [3.63, 3.8) is 0 Å². The third-order valence-electron chi connectivity index (χ3n) is 5.14. The van der Waals surface area contributed by atoms with E-state index in [2.05, 4.69) is 15.5 Å². The Morgan fingerprint density at radius 1 is 1.06 bits per heavy atom. The lowest BCUT2D eigenvalue weighted by Crippen LogP contribution is -2.43. The van der Waals surface area contributed by atoms with Gasteiger partial charge in [-0.05, 0) is 35.7 Å². The maximum Gasteiger partial charge on any atom is 0.224 e. The Balaban J connectivity index is 1.63. The number of nitrogens with zero attached hydrogens (tertiary/aromatic N) is 1. The summed E-state index contributed by atoms with van der Waals surface area (Å²) < 4.78 is 5.80. The molecule has 0 fully saturated rings. The van der Waals surface area contributed by atoms with Crippen molar-refractivity contribution in [3.8, 4) is 5.75 Å². The van der Waals surface area contributed by atoms with E-state index in [-0.39, 0.29) is 24.3 Å². The van der Waals surface area contributed by atoms with Crippen LogP contribution in [-0.4, -0.2) is 33.8 Å². The molecule has 171 valence electrons. The van der Waals surface area contributed by atoms with Gasteiger partial charge in [0.25, 0.3) is 0 Å². The normalized spacial score (nSPS) is 12.5. The average molecular weight is 448 g/mol. The van der Waals surface area contributed by atoms with E-state index >= 15 is 0 Å². The molecular weight excluding hydrogens is 420 g/mol. The van der Waals surface area contributed by atoms with E-state index in [0.29, 0.717) is 12.4 Å². The van der Waals surface area contributed by atoms with Gasteiger partial charge in [-0.25, -0.2) is 0 Å². The molecule has 2 aromatic carbocycles. The third-order valence-corrected chi connectivity index (χ3v) is 5.14. The summed E-state index contributed by atoms with van der Waals surface area (Å²) in [5.74, 6) is -1.02. The summed E-state index contributed by atoms with van der Waals surface area (Å²) in [7, 11) is 0. The molecule has 0 spiro atoms. The lowest BCUT2D eigenvalue weighted by atomic mass is 9.99. The maximum atomic E-state index is 12.9. The molecule has 8 nitrogen and oxygen atoms in total. The number of ketones is 1. The fraction of sp³-hybridized carbons (Fsp3) is 0.240. The number of nitrogens with one attached hydrogen (secondary N) is 2. The number of amides is 2. The predicted octanol–water partition coefficient (Wildman–Crippen LogP) is 2.61. The number of hydrogen-bond acceptors (Lipinski definition) is 5. The highest BCUT2D eigenvalue weighted by Crippen LogP contribution is 2.16. The molecule has 0 saturated carbocycles. The minimum atomic E-state index is -0.822. The van der Waals surface area contributed by atoms with Crippen LogP contribution >= 0.6 is 0 Å². The van der Waals surface area contributed by atoms with Crippen LogP contribution in [0.3, 0.4) is 0 Å². The summed E-state index contributed by atoms with van der Waals surface area (Å²) in [6, 6.07) is 18.0. The molecular formula is C25H27N4O4. The first-order valence-corrected chi connectivity index (χ1v) is 10.6. The summed E-state index contributed by atoms with van der Waals surface area (Å²) in [6.07, 6.45) is 3.35. The van der Waals surface area contributed by atoms with Gasteiger partial charge in [0.05, 0.1) is 12.5 Å². The molecule has 2 amide bonds. The van der Waals surface area contributed by atoms with Gasteiger partial charge in [0.15, 0.2) is 0 Å². The Labute approximate surface area is 192 Å². The minimum Gasteiger partial charge on any atom is -0.489 e. The quantitative estimate of drug-likeness (QED) is 0.368. The highest BCUT2D eigenvalue weighted by atomic mass is 16.5. The zero-order valence-corrected chi connectivity index (χ0v) is 18.4. The lowest BCUT2D eigenvalue weighted by Gasteiger charge is -2.18. The van der Waals surface area contributed by atoms with Crippen LogP contribution in [0.1, 0.15) is 35.0 Å². The van der Waals surface area contributed by atoms with E-state index < -0.39 is 23.8 Å². The van der Waals surface area contributed by atoms with Crippen molar-refractivity contribution >= 4 is 17.6 Å². The first kappa shape index (κ1) is 23.7. The summed E-state index contributed by atoms with van der Waals surface area (Å²) >= 11 is 0. The van der Waals surface area contributed by atoms with Gasteiger partial charge in [-0.1, -0.05) is 49.4 Å². The second kappa shape index (κ2) is 11.6. The van der Waals surface area contributed by atoms with Gasteiger partial charge in [0, 0.05) is 18.5 Å². The molecule has 1 radical (unpaired) electrons. The van der Waals surface area contributed by atoms with Gasteiger partial charge < -0.3 is 15.8 Å². The summed E-state index contributed by atoms with van der Waals surface area (Å²) in [6.45, 7) is 2.09. The number of nitrogens with two attached hydrogens (primary N) is 1. The van der Waals surface area contributed by atoms with Crippen molar-refractivity contribution in [1.29, 1.82) is 0 Å². The van der Waals surface area contributed by atoms with Crippen molar-refractivity contribution in [2.45, 2.75) is 32.4 Å². The molecule has 0 aliphatic carbocycles. The van der Waals surface area contributed by atoms with Gasteiger partial charge in [0.1, 0.15) is 18.1 Å². The van der Waals surface area contributed by atoms with Crippen LogP contribution in [0.5, 0.6) is 5.75 Å². The van der Waals surface area contributed by atoms with Crippen molar-refractivity contribution in [1.82, 2.24) is 15.5 Å². The average Bonchev–Trinajstić information content (AvgIpc) is 3.37. The Morgan fingerprint density at radius 3 is 2.42 bits per heavy atom. The van der Waals surface area contributed by atoms with E-state index in [1.165, 1.54) is 6.42 Å². The summed E-state index contributed by atoms with van der Waals surface area (Å²) in [4.78, 5) is 36.5. The fourth-order valence-electron chi connectivity index (χ4n) is 3.11. The Morgan fingerprint density at radius 2 is 1.79 bits per heavy atom. The number of aromatic amines is 1. The van der Waals surface area contributed by atoms with E-state index in [4.69, 9.17) is 10.5 Å². The number of rotatable bonds is 12. The molecule has 0 saturated heterocycles. The Hall–Kier alpha value is -3.94. The van der Waals surface area contributed by atoms with Crippen LogP contribution in [0.25, 0.3) is 0 Å². The van der Waals surface area contributed by atoms with E-state index in [9.17, 15) is 14.4 Å². The highest BCUT2D eigenvalue weighted by molar-refractivity contribution is 6.01. The Kier molecular flexibility index (Phi) is 8.35. The van der Waals surface area contributed by atoms with Crippen LogP contribution in [-0.2, 0) is 22.6 Å². The number of ether oxygens (including phenoxy) is 1. The summed E-state index contributed by atoms with van der Waals surface area (Å²) in [5.41, 5.74) is 7.38. The maximum absolute atomic E-state index is 12.9. The van der Waals surface area contributed by atoms with Gasteiger partial charge in [-0.3, -0.25) is 19.5 Å². The second-order valence-corrected chi connectivity index (χ2v) is 7.75. The number of H-pyrrole nitrogens is 1. The molecule has 1 heterocycles. The molecule has 0 aliphatic heterocycles. The van der Waals surface area contributed by atoms with Crippen molar-refractivity contribution in [2.75, 3.05) is 0 Å². The molecule has 3 rings (SSSR count). The van der Waals surface area contributed by atoms with Crippen LogP contribution in [0.15, 0.2) is 66.9 Å². The first-order chi connectivity index (χ1) is 15.9. The smallest absolute Gasteiger partial charge is 0.224 e. The van der Waals surface area contributed by atoms with Crippen LogP contribution in [0.2, 0.25) is 0 Å². The molecule has 8 heteroatoms. The van der Waals surface area contributed by atoms with Gasteiger partial charge in [0.2, 0.25) is 17.6 Å². The lowest BCUT2D eigenvalue weighted by molar-refractivity contribution is -0.121. The fourth-order valence-corrected chi connectivity index (χ4v) is 3.11. The van der Waals surface area contributed by atoms with Crippen LogP contribution in [0.4, 0.5) is 0 Å². The number of Topliss-reactive ketones (excluding diaryl/α,β-unsaturated/α-hetero) is 1. The molecule has 0 aliphatic rings. The monoisotopic (exact) mass is 447 g/mol. The van der Waals surface area contributed by atoms with Gasteiger partial charge >= 0.3 is 0 Å². The number of aromatic nitrogens is 2. The number of carbonyl (C=O) groups excluding carboxylic acids is 3. The standard InChI is InChI=1S/C25H27N4O4/c1-17(25(26)32)7-12-23(30)28-22(24(31)21-13-14-27-29-21)15-18-8-10-20(11-9-18)33-16-19-5-3-2-4-6-19/h2-6,8-14,17,22H,7,15-16H2,1H3,(H2,26,32)(H,27,29)(H,28,30). The van der Waals surface area contributed by atoms with Crippen molar-refractivity contribution < 1.29 is 19.1 Å². The van der Waals surface area contributed by atoms with E-state index in [0.717, 1.165) is 11.1 Å². The molecule has 33 heavy (non-hydrogen) atoms. The number of benzene rings is 2. The molecule has 2 atom stereocenters. The minimum absolute atomic E-state index is 0.192. The SMILES string of the molecule is CC(C[CH]C(=O)NC(Cc1ccc(OCc2ccccc2)cc1)C(=O)c1cc[nH]n1)C(N)=O. The zero-order valence-electron chi connectivity index (χ0n) is 18.4. The van der Waals surface area contributed by atoms with E-state index in [1.807, 2.05) is 54.6 Å². The Bertz CT molecular complexity index is 1050. The topological polar surface area (TPSA) is 127 Å². The summed E-state index contributed by atoms with van der Waals surface area (Å²) in [5, 5.41) is 9.27. The largest absolute Gasteiger partial charge is 0.489 e. The van der Waals surface area contributed by atoms with Gasteiger partial charge in [-0.15, -0.1) is 0 Å². The van der Waals surface area contributed by atoms with Crippen LogP contribution in [0, 0.1) is 12.3 Å². The number of hydrogen-bond donors (Lipinski definition) is 3. The van der Waals surface area contributed by atoms with Gasteiger partial charge in [-0.2, -0.15) is 5.10 Å². The zero-order chi connectivity index (χ0) is 23.6. The molecule has 2 unspecified atom stereocenters. The highest BCUT2D eigenvalue weighted by Gasteiger charge is 2.24. The van der Waals surface area contributed by atoms with Crippen molar-refractivity contribution in [2.24, 2.45) is 11.7 Å². The predicted molar refractivity (Wildman–Crippen MR) is 123 cm³/mol. The molecule has 3 aromatic rings. The molecule has 4 N–H and O–H groups in total. The molecule has 0 bridgehead atoms. The number of primary amides is 1. The van der Waals surface area contributed by atoms with E-state index in [1.54, 1.807) is 19.2 Å². The number of carbonyl (C=O) groups is 3. The first-order valence-electron chi connectivity index (χ1n) is 10.6.